The van der Waals surface area contributed by atoms with Gasteiger partial charge in [-0.05, 0) is 43.5 Å². The second-order valence-corrected chi connectivity index (χ2v) is 4.28. The Morgan fingerprint density at radius 3 is 2.61 bits per heavy atom. The lowest BCUT2D eigenvalue weighted by molar-refractivity contribution is -0.130. The molecule has 0 aromatic heterocycles. The highest BCUT2D eigenvalue weighted by molar-refractivity contribution is 5.80. The summed E-state index contributed by atoms with van der Waals surface area (Å²) in [7, 11) is 1.51. The first kappa shape index (κ1) is 14.5. The molecule has 0 fully saturated rings. The second kappa shape index (κ2) is 6.37. The number of methoxy groups -OCH3 is 1. The van der Waals surface area contributed by atoms with Crippen LogP contribution in [0.4, 0.5) is 0 Å². The molecule has 0 bridgehead atoms. The van der Waals surface area contributed by atoms with Crippen LogP contribution in [0, 0.1) is 20.8 Å². The monoisotopic (exact) mass is 252 g/mol. The van der Waals surface area contributed by atoms with Gasteiger partial charge >= 0.3 is 0 Å². The lowest BCUT2D eigenvalue weighted by Crippen LogP contribution is -2.44. The predicted octanol–water partition coefficient (Wildman–Crippen LogP) is 0.996. The van der Waals surface area contributed by atoms with Crippen molar-refractivity contribution in [3.05, 3.63) is 28.8 Å². The zero-order valence-electron chi connectivity index (χ0n) is 11.2. The summed E-state index contributed by atoms with van der Waals surface area (Å²) < 4.78 is 10.6. The van der Waals surface area contributed by atoms with Gasteiger partial charge in [-0.15, -0.1) is 0 Å². The Balaban J connectivity index is 2.96. The minimum absolute atomic E-state index is 0.148. The van der Waals surface area contributed by atoms with Gasteiger partial charge in [0.15, 0.2) is 0 Å². The van der Waals surface area contributed by atoms with E-state index in [2.05, 4.69) is 11.5 Å². The number of benzene rings is 1. The minimum Gasteiger partial charge on any atom is -0.478 e. The Morgan fingerprint density at radius 1 is 1.39 bits per heavy atom. The summed E-state index contributed by atoms with van der Waals surface area (Å²) in [6.45, 7) is 6.08. The van der Waals surface area contributed by atoms with Crippen molar-refractivity contribution < 1.29 is 14.3 Å². The molecule has 1 atom stereocenters. The van der Waals surface area contributed by atoms with E-state index >= 15 is 0 Å². The Morgan fingerprint density at radius 2 is 2.06 bits per heavy atom. The van der Waals surface area contributed by atoms with E-state index in [1.165, 1.54) is 7.11 Å². The molecule has 0 saturated heterocycles. The predicted molar refractivity (Wildman–Crippen MR) is 69.3 cm³/mol. The number of carbonyl (C=O) groups excluding carboxylic acids is 1. The van der Waals surface area contributed by atoms with E-state index in [1.54, 1.807) is 0 Å². The SMILES string of the molecule is COCC(Oc1cc(C)cc(C)c1C)C(=O)NN. The van der Waals surface area contributed by atoms with E-state index in [-0.39, 0.29) is 6.61 Å². The molecule has 0 heterocycles. The quantitative estimate of drug-likeness (QED) is 0.466. The molecular weight excluding hydrogens is 232 g/mol. The molecule has 5 heteroatoms. The molecule has 1 rings (SSSR count). The number of hydrogen-bond acceptors (Lipinski definition) is 4. The maximum atomic E-state index is 11.5. The fourth-order valence-corrected chi connectivity index (χ4v) is 1.68. The van der Waals surface area contributed by atoms with Crippen LogP contribution in [0.2, 0.25) is 0 Å². The molecule has 3 N–H and O–H groups in total. The zero-order chi connectivity index (χ0) is 13.7. The molecule has 0 saturated carbocycles. The normalized spacial score (nSPS) is 12.1. The van der Waals surface area contributed by atoms with Gasteiger partial charge in [-0.1, -0.05) is 6.07 Å². The lowest BCUT2D eigenvalue weighted by Gasteiger charge is -2.19. The molecular formula is C13H20N2O3. The van der Waals surface area contributed by atoms with Crippen LogP contribution in [0.5, 0.6) is 5.75 Å². The first-order valence-electron chi connectivity index (χ1n) is 5.73. The van der Waals surface area contributed by atoms with Crippen molar-refractivity contribution in [2.45, 2.75) is 26.9 Å². The van der Waals surface area contributed by atoms with Crippen LogP contribution in [-0.4, -0.2) is 25.7 Å². The number of carbonyl (C=O) groups is 1. The number of hydrogen-bond donors (Lipinski definition) is 2. The van der Waals surface area contributed by atoms with Crippen molar-refractivity contribution >= 4 is 5.91 Å². The van der Waals surface area contributed by atoms with Crippen molar-refractivity contribution in [2.75, 3.05) is 13.7 Å². The number of amides is 1. The highest BCUT2D eigenvalue weighted by Gasteiger charge is 2.20. The van der Waals surface area contributed by atoms with Crippen molar-refractivity contribution in [1.82, 2.24) is 5.43 Å². The Kier molecular flexibility index (Phi) is 5.12. The fraction of sp³-hybridized carbons (Fsp3) is 0.462. The standard InChI is InChI=1S/C13H20N2O3/c1-8-5-9(2)10(3)11(6-8)18-12(7-17-4)13(16)15-14/h5-6,12H,7,14H2,1-4H3,(H,15,16). The summed E-state index contributed by atoms with van der Waals surface area (Å²) >= 11 is 0. The number of ether oxygens (including phenoxy) is 2. The van der Waals surface area contributed by atoms with E-state index in [1.807, 2.05) is 26.8 Å². The Bertz CT molecular complexity index is 432. The summed E-state index contributed by atoms with van der Waals surface area (Å²) in [6.07, 6.45) is -0.750. The number of hydrazine groups is 1. The van der Waals surface area contributed by atoms with Crippen LogP contribution >= 0.6 is 0 Å². The molecule has 0 aliphatic carbocycles. The molecule has 1 aromatic rings. The van der Waals surface area contributed by atoms with Crippen molar-refractivity contribution in [3.8, 4) is 5.75 Å². The topological polar surface area (TPSA) is 73.6 Å². The van der Waals surface area contributed by atoms with Crippen LogP contribution in [0.25, 0.3) is 0 Å². The van der Waals surface area contributed by atoms with Gasteiger partial charge in [-0.3, -0.25) is 10.2 Å². The van der Waals surface area contributed by atoms with Gasteiger partial charge in [0.05, 0.1) is 6.61 Å². The molecule has 18 heavy (non-hydrogen) atoms. The van der Waals surface area contributed by atoms with Crippen LogP contribution in [0.1, 0.15) is 16.7 Å². The van der Waals surface area contributed by atoms with Gasteiger partial charge in [-0.2, -0.15) is 0 Å². The molecule has 0 spiro atoms. The van der Waals surface area contributed by atoms with E-state index in [0.717, 1.165) is 16.7 Å². The minimum atomic E-state index is -0.750. The average molecular weight is 252 g/mol. The molecule has 1 aromatic carbocycles. The summed E-state index contributed by atoms with van der Waals surface area (Å²) in [5.74, 6) is 5.39. The first-order chi connectivity index (χ1) is 8.49. The van der Waals surface area contributed by atoms with Gasteiger partial charge in [0.2, 0.25) is 6.10 Å². The summed E-state index contributed by atoms with van der Waals surface area (Å²) in [5.41, 5.74) is 5.28. The number of rotatable bonds is 5. The average Bonchev–Trinajstić information content (AvgIpc) is 2.33. The van der Waals surface area contributed by atoms with E-state index in [4.69, 9.17) is 15.3 Å². The third kappa shape index (κ3) is 3.45. The van der Waals surface area contributed by atoms with E-state index in [9.17, 15) is 4.79 Å². The van der Waals surface area contributed by atoms with Gasteiger partial charge in [0.25, 0.3) is 5.91 Å². The maximum Gasteiger partial charge on any atom is 0.277 e. The smallest absolute Gasteiger partial charge is 0.277 e. The van der Waals surface area contributed by atoms with Crippen LogP contribution in [0.3, 0.4) is 0 Å². The van der Waals surface area contributed by atoms with E-state index < -0.39 is 12.0 Å². The molecule has 0 aliphatic rings. The molecule has 5 nitrogen and oxygen atoms in total. The number of nitrogens with two attached hydrogens (primary N) is 1. The third-order valence-corrected chi connectivity index (χ3v) is 2.79. The molecule has 1 unspecified atom stereocenters. The highest BCUT2D eigenvalue weighted by Crippen LogP contribution is 2.24. The third-order valence-electron chi connectivity index (χ3n) is 2.79. The Labute approximate surface area is 107 Å². The van der Waals surface area contributed by atoms with Gasteiger partial charge < -0.3 is 9.47 Å². The number of aryl methyl sites for hydroxylation is 2. The van der Waals surface area contributed by atoms with Crippen molar-refractivity contribution in [2.24, 2.45) is 5.84 Å². The zero-order valence-corrected chi connectivity index (χ0v) is 11.2. The summed E-state index contributed by atoms with van der Waals surface area (Å²) in [5, 5.41) is 0. The van der Waals surface area contributed by atoms with Gasteiger partial charge in [0.1, 0.15) is 5.75 Å². The van der Waals surface area contributed by atoms with Crippen LogP contribution in [-0.2, 0) is 9.53 Å². The summed E-state index contributed by atoms with van der Waals surface area (Å²) in [6, 6.07) is 3.96. The molecule has 0 aliphatic heterocycles. The van der Waals surface area contributed by atoms with Gasteiger partial charge in [0, 0.05) is 7.11 Å². The summed E-state index contributed by atoms with van der Waals surface area (Å²) in [4.78, 5) is 11.5. The Hall–Kier alpha value is -1.59. The molecule has 100 valence electrons. The van der Waals surface area contributed by atoms with Crippen LogP contribution in [0.15, 0.2) is 12.1 Å². The molecule has 0 radical (unpaired) electrons. The maximum absolute atomic E-state index is 11.5. The largest absolute Gasteiger partial charge is 0.478 e. The fourth-order valence-electron chi connectivity index (χ4n) is 1.68. The number of nitrogens with one attached hydrogen (secondary N) is 1. The van der Waals surface area contributed by atoms with E-state index in [0.29, 0.717) is 5.75 Å². The first-order valence-corrected chi connectivity index (χ1v) is 5.73. The van der Waals surface area contributed by atoms with Crippen LogP contribution < -0.4 is 16.0 Å². The lowest BCUT2D eigenvalue weighted by atomic mass is 10.1. The highest BCUT2D eigenvalue weighted by atomic mass is 16.5. The van der Waals surface area contributed by atoms with Crippen molar-refractivity contribution in [1.29, 1.82) is 0 Å². The molecule has 1 amide bonds. The van der Waals surface area contributed by atoms with Gasteiger partial charge in [-0.25, -0.2) is 5.84 Å². The van der Waals surface area contributed by atoms with Crippen molar-refractivity contribution in [3.63, 3.8) is 0 Å². The second-order valence-electron chi connectivity index (χ2n) is 4.28.